The molecule has 0 aromatic heterocycles. The van der Waals surface area contributed by atoms with Gasteiger partial charge in [-0.3, -0.25) is 0 Å². The average Bonchev–Trinajstić information content (AvgIpc) is 2.58. The van der Waals surface area contributed by atoms with Crippen LogP contribution in [-0.4, -0.2) is 12.4 Å². The van der Waals surface area contributed by atoms with Crippen LogP contribution in [0.15, 0.2) is 24.3 Å². The highest BCUT2D eigenvalue weighted by Crippen LogP contribution is 2.41. The normalized spacial score (nSPS) is 28.4. The molecule has 2 unspecified atom stereocenters. The summed E-state index contributed by atoms with van der Waals surface area (Å²) in [7, 11) is 0. The van der Waals surface area contributed by atoms with E-state index in [1.807, 2.05) is 13.0 Å². The zero-order chi connectivity index (χ0) is 13.4. The zero-order valence-corrected chi connectivity index (χ0v) is 10.1. The van der Waals surface area contributed by atoms with Crippen molar-refractivity contribution in [3.05, 3.63) is 29.8 Å². The number of halogens is 3. The van der Waals surface area contributed by atoms with E-state index >= 15 is 0 Å². The molecule has 1 aliphatic carbocycles. The molecule has 2 N–H and O–H groups in total. The van der Waals surface area contributed by atoms with Gasteiger partial charge in [0.05, 0.1) is 0 Å². The minimum atomic E-state index is -4.65. The molecule has 18 heavy (non-hydrogen) atoms. The van der Waals surface area contributed by atoms with Crippen LogP contribution in [0.4, 0.5) is 13.2 Å². The molecule has 2 rings (SSSR count). The Morgan fingerprint density at radius 2 is 2.11 bits per heavy atom. The SMILES string of the molecule is CC1(c2cccc(OC(F)(F)F)c2)CCC(N)C1. The van der Waals surface area contributed by atoms with E-state index in [1.165, 1.54) is 12.1 Å². The first-order valence-electron chi connectivity index (χ1n) is 5.90. The van der Waals surface area contributed by atoms with E-state index in [9.17, 15) is 13.2 Å². The number of rotatable bonds is 2. The summed E-state index contributed by atoms with van der Waals surface area (Å²) >= 11 is 0. The fourth-order valence-corrected chi connectivity index (χ4v) is 2.62. The topological polar surface area (TPSA) is 35.2 Å². The summed E-state index contributed by atoms with van der Waals surface area (Å²) in [6.07, 6.45) is -2.06. The molecular weight excluding hydrogens is 243 g/mol. The molecule has 100 valence electrons. The molecular formula is C13H16F3NO. The van der Waals surface area contributed by atoms with Gasteiger partial charge in [-0.1, -0.05) is 19.1 Å². The number of ether oxygens (including phenoxy) is 1. The monoisotopic (exact) mass is 259 g/mol. The smallest absolute Gasteiger partial charge is 0.406 e. The van der Waals surface area contributed by atoms with E-state index in [1.54, 1.807) is 6.07 Å². The van der Waals surface area contributed by atoms with Crippen molar-refractivity contribution in [3.63, 3.8) is 0 Å². The van der Waals surface area contributed by atoms with Crippen molar-refractivity contribution < 1.29 is 17.9 Å². The molecule has 0 bridgehead atoms. The highest BCUT2D eigenvalue weighted by Gasteiger charge is 2.36. The Kier molecular flexibility index (Phi) is 3.27. The summed E-state index contributed by atoms with van der Waals surface area (Å²) in [5, 5.41) is 0. The summed E-state index contributed by atoms with van der Waals surface area (Å²) in [4.78, 5) is 0. The standard InChI is InChI=1S/C13H16F3NO/c1-12(6-5-10(17)8-12)9-3-2-4-11(7-9)18-13(14,15)16/h2-4,7,10H,5-6,8,17H2,1H3. The average molecular weight is 259 g/mol. The predicted octanol–water partition coefficient (Wildman–Crippen LogP) is 3.35. The van der Waals surface area contributed by atoms with Crippen molar-refractivity contribution in [1.82, 2.24) is 0 Å². The maximum atomic E-state index is 12.2. The lowest BCUT2D eigenvalue weighted by molar-refractivity contribution is -0.274. The molecule has 1 saturated carbocycles. The van der Waals surface area contributed by atoms with Crippen LogP contribution in [0.1, 0.15) is 31.7 Å². The number of benzene rings is 1. The lowest BCUT2D eigenvalue weighted by atomic mass is 9.81. The number of hydrogen-bond acceptors (Lipinski definition) is 2. The van der Waals surface area contributed by atoms with Gasteiger partial charge >= 0.3 is 6.36 Å². The summed E-state index contributed by atoms with van der Waals surface area (Å²) in [6.45, 7) is 2.03. The first kappa shape index (κ1) is 13.2. The maximum Gasteiger partial charge on any atom is 0.573 e. The minimum absolute atomic E-state index is 0.127. The molecule has 0 radical (unpaired) electrons. The van der Waals surface area contributed by atoms with Crippen molar-refractivity contribution >= 4 is 0 Å². The van der Waals surface area contributed by atoms with Gasteiger partial charge in [-0.25, -0.2) is 0 Å². The Morgan fingerprint density at radius 1 is 1.39 bits per heavy atom. The molecule has 0 saturated heterocycles. The second-order valence-electron chi connectivity index (χ2n) is 5.14. The molecule has 1 aromatic rings. The Balaban J connectivity index is 2.22. The van der Waals surface area contributed by atoms with Crippen LogP contribution in [0.5, 0.6) is 5.75 Å². The van der Waals surface area contributed by atoms with Gasteiger partial charge in [0.1, 0.15) is 5.75 Å². The van der Waals surface area contributed by atoms with E-state index in [4.69, 9.17) is 5.73 Å². The van der Waals surface area contributed by atoms with Crippen molar-refractivity contribution in [3.8, 4) is 5.75 Å². The minimum Gasteiger partial charge on any atom is -0.406 e. The van der Waals surface area contributed by atoms with Crippen molar-refractivity contribution in [1.29, 1.82) is 0 Å². The summed E-state index contributed by atoms with van der Waals surface area (Å²) in [5.41, 5.74) is 6.59. The molecule has 5 heteroatoms. The van der Waals surface area contributed by atoms with Crippen molar-refractivity contribution in [2.75, 3.05) is 0 Å². The fourth-order valence-electron chi connectivity index (χ4n) is 2.62. The quantitative estimate of drug-likeness (QED) is 0.884. The van der Waals surface area contributed by atoms with Gasteiger partial charge in [-0.15, -0.1) is 13.2 Å². The maximum absolute atomic E-state index is 12.2. The molecule has 1 aromatic carbocycles. The van der Waals surface area contributed by atoms with Crippen LogP contribution in [0.2, 0.25) is 0 Å². The van der Waals surface area contributed by atoms with Crippen LogP contribution in [0.25, 0.3) is 0 Å². The second-order valence-corrected chi connectivity index (χ2v) is 5.14. The van der Waals surface area contributed by atoms with Gasteiger partial charge in [-0.05, 0) is 42.4 Å². The van der Waals surface area contributed by atoms with Crippen LogP contribution in [0.3, 0.4) is 0 Å². The third-order valence-electron chi connectivity index (χ3n) is 3.54. The first-order chi connectivity index (χ1) is 8.28. The summed E-state index contributed by atoms with van der Waals surface area (Å²) < 4.78 is 40.4. The van der Waals surface area contributed by atoms with Crippen molar-refractivity contribution in [2.45, 2.75) is 44.0 Å². The number of nitrogens with two attached hydrogens (primary N) is 1. The third-order valence-corrected chi connectivity index (χ3v) is 3.54. The lowest BCUT2D eigenvalue weighted by Gasteiger charge is -2.25. The van der Waals surface area contributed by atoms with Crippen LogP contribution >= 0.6 is 0 Å². The Labute approximate surface area is 104 Å². The molecule has 0 amide bonds. The number of hydrogen-bond donors (Lipinski definition) is 1. The highest BCUT2D eigenvalue weighted by molar-refractivity contribution is 5.34. The van der Waals surface area contributed by atoms with Crippen LogP contribution in [0, 0.1) is 0 Å². The van der Waals surface area contributed by atoms with Crippen LogP contribution < -0.4 is 10.5 Å². The van der Waals surface area contributed by atoms with E-state index in [-0.39, 0.29) is 17.2 Å². The molecule has 1 fully saturated rings. The Morgan fingerprint density at radius 3 is 2.67 bits per heavy atom. The van der Waals surface area contributed by atoms with Gasteiger partial charge in [0, 0.05) is 6.04 Å². The van der Waals surface area contributed by atoms with Gasteiger partial charge in [0.25, 0.3) is 0 Å². The third kappa shape index (κ3) is 2.96. The van der Waals surface area contributed by atoms with Gasteiger partial charge in [-0.2, -0.15) is 0 Å². The number of alkyl halides is 3. The van der Waals surface area contributed by atoms with Crippen molar-refractivity contribution in [2.24, 2.45) is 5.73 Å². The van der Waals surface area contributed by atoms with E-state index in [0.29, 0.717) is 0 Å². The van der Waals surface area contributed by atoms with E-state index in [2.05, 4.69) is 4.74 Å². The molecule has 0 spiro atoms. The molecule has 2 atom stereocenters. The first-order valence-corrected chi connectivity index (χ1v) is 5.90. The molecule has 1 aliphatic rings. The van der Waals surface area contributed by atoms with Gasteiger partial charge in [0.15, 0.2) is 0 Å². The summed E-state index contributed by atoms with van der Waals surface area (Å²) in [5.74, 6) is -0.165. The van der Waals surface area contributed by atoms with Crippen LogP contribution in [-0.2, 0) is 5.41 Å². The highest BCUT2D eigenvalue weighted by atomic mass is 19.4. The molecule has 0 aliphatic heterocycles. The Bertz CT molecular complexity index is 432. The van der Waals surface area contributed by atoms with Gasteiger partial charge < -0.3 is 10.5 Å². The largest absolute Gasteiger partial charge is 0.573 e. The lowest BCUT2D eigenvalue weighted by Crippen LogP contribution is -2.23. The second kappa shape index (κ2) is 4.46. The molecule has 0 heterocycles. The van der Waals surface area contributed by atoms with E-state index in [0.717, 1.165) is 24.8 Å². The van der Waals surface area contributed by atoms with Gasteiger partial charge in [0.2, 0.25) is 0 Å². The fraction of sp³-hybridized carbons (Fsp3) is 0.538. The Hall–Kier alpha value is -1.23. The molecule has 2 nitrogen and oxygen atoms in total. The predicted molar refractivity (Wildman–Crippen MR) is 62.3 cm³/mol. The van der Waals surface area contributed by atoms with E-state index < -0.39 is 6.36 Å². The summed E-state index contributed by atoms with van der Waals surface area (Å²) in [6, 6.07) is 6.33. The zero-order valence-electron chi connectivity index (χ0n) is 10.1.